The topological polar surface area (TPSA) is 38.3 Å². The molecular formula is C14H16F3NO2. The molecule has 1 aromatic rings. The van der Waals surface area contributed by atoms with Crippen LogP contribution in [0.1, 0.15) is 24.8 Å². The number of hydrogen-bond donors (Lipinski definition) is 1. The highest BCUT2D eigenvalue weighted by molar-refractivity contribution is 5.81. The maximum atomic E-state index is 12.2. The second-order valence-corrected chi connectivity index (χ2v) is 5.04. The molecule has 6 heteroatoms. The van der Waals surface area contributed by atoms with Crippen molar-refractivity contribution in [2.24, 2.45) is 0 Å². The van der Waals surface area contributed by atoms with Gasteiger partial charge in [-0.2, -0.15) is 13.2 Å². The number of hydrogen-bond acceptors (Lipinski definition) is 2. The van der Waals surface area contributed by atoms with E-state index in [0.717, 1.165) is 24.8 Å². The Bertz CT molecular complexity index is 478. The Hall–Kier alpha value is -1.72. The predicted octanol–water partition coefficient (Wildman–Crippen LogP) is 2.80. The van der Waals surface area contributed by atoms with Gasteiger partial charge in [-0.1, -0.05) is 18.6 Å². The Morgan fingerprint density at radius 2 is 1.90 bits per heavy atom. The standard InChI is InChI=1S/C14H16F3NO2/c1-20-11-5-3-10(4-6-11)13(7-2-8-13)9-18-12(19)14(15,16)17/h3-6H,2,7-9H2,1H3,(H,18,19). The van der Waals surface area contributed by atoms with Crippen molar-refractivity contribution in [1.82, 2.24) is 5.32 Å². The van der Waals surface area contributed by atoms with Crippen molar-refractivity contribution in [2.75, 3.05) is 13.7 Å². The van der Waals surface area contributed by atoms with E-state index in [2.05, 4.69) is 0 Å². The van der Waals surface area contributed by atoms with Crippen LogP contribution in [-0.4, -0.2) is 25.7 Å². The number of ether oxygens (including phenoxy) is 1. The first-order valence-electron chi connectivity index (χ1n) is 6.37. The normalized spacial score (nSPS) is 17.2. The van der Waals surface area contributed by atoms with Crippen LogP contribution in [0.5, 0.6) is 5.75 Å². The zero-order chi connectivity index (χ0) is 14.8. The molecule has 2 rings (SSSR count). The van der Waals surface area contributed by atoms with Crippen LogP contribution in [-0.2, 0) is 10.2 Å². The van der Waals surface area contributed by atoms with E-state index in [4.69, 9.17) is 4.74 Å². The summed E-state index contributed by atoms with van der Waals surface area (Å²) in [6, 6.07) is 7.25. The van der Waals surface area contributed by atoms with Gasteiger partial charge in [0.05, 0.1) is 7.11 Å². The summed E-state index contributed by atoms with van der Waals surface area (Å²) >= 11 is 0. The lowest BCUT2D eigenvalue weighted by Gasteiger charge is -2.42. The van der Waals surface area contributed by atoms with E-state index in [1.165, 1.54) is 0 Å². The van der Waals surface area contributed by atoms with Crippen molar-refractivity contribution in [2.45, 2.75) is 30.9 Å². The molecule has 0 spiro atoms. The summed E-state index contributed by atoms with van der Waals surface area (Å²) in [5, 5.41) is 2.00. The van der Waals surface area contributed by atoms with Crippen LogP contribution in [0.2, 0.25) is 0 Å². The van der Waals surface area contributed by atoms with Gasteiger partial charge in [-0.05, 0) is 30.5 Å². The van der Waals surface area contributed by atoms with E-state index in [1.54, 1.807) is 19.2 Å². The SMILES string of the molecule is COc1ccc(C2(CNC(=O)C(F)(F)F)CCC2)cc1. The summed E-state index contributed by atoms with van der Waals surface area (Å²) < 4.78 is 41.7. The number of alkyl halides is 3. The molecule has 0 atom stereocenters. The molecule has 0 heterocycles. The lowest BCUT2D eigenvalue weighted by atomic mass is 9.64. The number of benzene rings is 1. The average molecular weight is 287 g/mol. The molecule has 1 saturated carbocycles. The van der Waals surface area contributed by atoms with Gasteiger partial charge in [-0.25, -0.2) is 0 Å². The highest BCUT2D eigenvalue weighted by atomic mass is 19.4. The molecule has 1 amide bonds. The van der Waals surface area contributed by atoms with Gasteiger partial charge in [0.25, 0.3) is 0 Å². The quantitative estimate of drug-likeness (QED) is 0.924. The molecular weight excluding hydrogens is 271 g/mol. The Morgan fingerprint density at radius 3 is 2.30 bits per heavy atom. The second kappa shape index (κ2) is 5.34. The second-order valence-electron chi connectivity index (χ2n) is 5.04. The summed E-state index contributed by atoms with van der Waals surface area (Å²) in [7, 11) is 1.55. The third kappa shape index (κ3) is 2.89. The molecule has 3 nitrogen and oxygen atoms in total. The number of methoxy groups -OCH3 is 1. The Morgan fingerprint density at radius 1 is 1.30 bits per heavy atom. The first-order valence-corrected chi connectivity index (χ1v) is 6.37. The Labute approximate surface area is 115 Å². The molecule has 1 N–H and O–H groups in total. The van der Waals surface area contributed by atoms with Gasteiger partial charge >= 0.3 is 12.1 Å². The minimum atomic E-state index is -4.83. The maximum Gasteiger partial charge on any atom is 0.471 e. The number of halogens is 3. The van der Waals surface area contributed by atoms with Gasteiger partial charge in [0.1, 0.15) is 5.75 Å². The highest BCUT2D eigenvalue weighted by Gasteiger charge is 2.43. The summed E-state index contributed by atoms with van der Waals surface area (Å²) in [5.74, 6) is -1.18. The molecule has 0 aromatic heterocycles. The molecule has 20 heavy (non-hydrogen) atoms. The summed E-state index contributed by atoms with van der Waals surface area (Å²) in [6.07, 6.45) is -2.33. The lowest BCUT2D eigenvalue weighted by Crippen LogP contribution is -2.48. The smallest absolute Gasteiger partial charge is 0.471 e. The van der Waals surface area contributed by atoms with Crippen LogP contribution in [0.3, 0.4) is 0 Å². The van der Waals surface area contributed by atoms with Crippen LogP contribution < -0.4 is 10.1 Å². The fraction of sp³-hybridized carbons (Fsp3) is 0.500. The molecule has 1 aliphatic carbocycles. The van der Waals surface area contributed by atoms with Crippen LogP contribution >= 0.6 is 0 Å². The van der Waals surface area contributed by atoms with Gasteiger partial charge in [0.2, 0.25) is 0 Å². The Balaban J connectivity index is 2.07. The van der Waals surface area contributed by atoms with Crippen molar-refractivity contribution in [3.63, 3.8) is 0 Å². The first kappa shape index (κ1) is 14.7. The molecule has 0 radical (unpaired) electrons. The molecule has 0 bridgehead atoms. The van der Waals surface area contributed by atoms with Crippen LogP contribution in [0.4, 0.5) is 13.2 Å². The van der Waals surface area contributed by atoms with E-state index >= 15 is 0 Å². The fourth-order valence-corrected chi connectivity index (χ4v) is 2.47. The monoisotopic (exact) mass is 287 g/mol. The lowest BCUT2D eigenvalue weighted by molar-refractivity contribution is -0.174. The predicted molar refractivity (Wildman–Crippen MR) is 67.6 cm³/mol. The van der Waals surface area contributed by atoms with E-state index < -0.39 is 12.1 Å². The van der Waals surface area contributed by atoms with Gasteiger partial charge in [-0.15, -0.1) is 0 Å². The largest absolute Gasteiger partial charge is 0.497 e. The Kier molecular flexibility index (Phi) is 3.92. The number of carbonyl (C=O) groups excluding carboxylic acids is 1. The molecule has 1 aliphatic rings. The van der Waals surface area contributed by atoms with Crippen molar-refractivity contribution in [1.29, 1.82) is 0 Å². The van der Waals surface area contributed by atoms with Crippen molar-refractivity contribution in [3.05, 3.63) is 29.8 Å². The zero-order valence-corrected chi connectivity index (χ0v) is 11.1. The van der Waals surface area contributed by atoms with Gasteiger partial charge in [0, 0.05) is 12.0 Å². The zero-order valence-electron chi connectivity index (χ0n) is 11.1. The molecule has 1 fully saturated rings. The number of carbonyl (C=O) groups is 1. The van der Waals surface area contributed by atoms with Crippen LogP contribution in [0.15, 0.2) is 24.3 Å². The van der Waals surface area contributed by atoms with Crippen molar-refractivity contribution < 1.29 is 22.7 Å². The number of rotatable bonds is 4. The van der Waals surface area contributed by atoms with Crippen molar-refractivity contribution in [3.8, 4) is 5.75 Å². The molecule has 1 aromatic carbocycles. The van der Waals surface area contributed by atoms with Crippen LogP contribution in [0, 0.1) is 0 Å². The first-order chi connectivity index (χ1) is 9.37. The molecule has 110 valence electrons. The third-order valence-corrected chi connectivity index (χ3v) is 3.86. The number of amides is 1. The van der Waals surface area contributed by atoms with Gasteiger partial charge < -0.3 is 10.1 Å². The summed E-state index contributed by atoms with van der Waals surface area (Å²) in [5.41, 5.74) is 0.555. The molecule has 0 aliphatic heterocycles. The summed E-state index contributed by atoms with van der Waals surface area (Å²) in [4.78, 5) is 10.9. The maximum absolute atomic E-state index is 12.2. The number of nitrogens with one attached hydrogen (secondary N) is 1. The molecule has 0 saturated heterocycles. The summed E-state index contributed by atoms with van der Waals surface area (Å²) in [6.45, 7) is 0.0116. The molecule has 0 unspecified atom stereocenters. The van der Waals surface area contributed by atoms with Gasteiger partial charge in [0.15, 0.2) is 0 Å². The highest BCUT2D eigenvalue weighted by Crippen LogP contribution is 2.43. The average Bonchev–Trinajstić information content (AvgIpc) is 2.37. The minimum absolute atomic E-state index is 0.0116. The van der Waals surface area contributed by atoms with E-state index in [0.29, 0.717) is 5.75 Å². The van der Waals surface area contributed by atoms with Crippen LogP contribution in [0.25, 0.3) is 0 Å². The van der Waals surface area contributed by atoms with E-state index in [1.807, 2.05) is 17.4 Å². The fourth-order valence-electron chi connectivity index (χ4n) is 2.47. The van der Waals surface area contributed by atoms with Crippen molar-refractivity contribution >= 4 is 5.91 Å². The minimum Gasteiger partial charge on any atom is -0.497 e. The van der Waals surface area contributed by atoms with E-state index in [-0.39, 0.29) is 12.0 Å². The third-order valence-electron chi connectivity index (χ3n) is 3.86. The van der Waals surface area contributed by atoms with E-state index in [9.17, 15) is 18.0 Å². The van der Waals surface area contributed by atoms with Gasteiger partial charge in [-0.3, -0.25) is 4.79 Å².